The Kier molecular flexibility index (Phi) is 8.69. The zero-order valence-corrected chi connectivity index (χ0v) is 13.5. The summed E-state index contributed by atoms with van der Waals surface area (Å²) in [5.74, 6) is 1.24. The standard InChI is InChI=1S/C15H27N3O2.ClH/c19-14(4-2-9-18-15(20)13-5-6-13)17-10-7-12-3-1-8-16-11-12;/h12-13,16H,1-11H2,(H,17,19)(H,18,20);1H. The van der Waals surface area contributed by atoms with Gasteiger partial charge in [0.05, 0.1) is 0 Å². The fourth-order valence-corrected chi connectivity index (χ4v) is 2.62. The predicted octanol–water partition coefficient (Wildman–Crippen LogP) is 1.22. The zero-order chi connectivity index (χ0) is 14.2. The normalized spacial score (nSPS) is 21.2. The summed E-state index contributed by atoms with van der Waals surface area (Å²) >= 11 is 0. The molecule has 1 atom stereocenters. The molecule has 122 valence electrons. The first-order valence-electron chi connectivity index (χ1n) is 8.01. The van der Waals surface area contributed by atoms with Gasteiger partial charge in [-0.15, -0.1) is 12.4 Å². The number of hydrogen-bond acceptors (Lipinski definition) is 3. The second-order valence-corrected chi connectivity index (χ2v) is 6.02. The van der Waals surface area contributed by atoms with Gasteiger partial charge >= 0.3 is 0 Å². The van der Waals surface area contributed by atoms with Gasteiger partial charge in [0.15, 0.2) is 0 Å². The van der Waals surface area contributed by atoms with Crippen molar-refractivity contribution in [2.24, 2.45) is 11.8 Å². The van der Waals surface area contributed by atoms with Crippen LogP contribution in [-0.4, -0.2) is 38.0 Å². The number of carbonyl (C=O) groups is 2. The first-order valence-corrected chi connectivity index (χ1v) is 8.01. The number of nitrogens with one attached hydrogen (secondary N) is 3. The maximum Gasteiger partial charge on any atom is 0.223 e. The molecular weight excluding hydrogens is 290 g/mol. The molecule has 0 aromatic carbocycles. The van der Waals surface area contributed by atoms with E-state index in [1.807, 2.05) is 0 Å². The number of piperidine rings is 1. The van der Waals surface area contributed by atoms with Crippen LogP contribution in [0.5, 0.6) is 0 Å². The summed E-state index contributed by atoms with van der Waals surface area (Å²) < 4.78 is 0. The summed E-state index contributed by atoms with van der Waals surface area (Å²) in [6.45, 7) is 3.62. The minimum atomic E-state index is 0. The highest BCUT2D eigenvalue weighted by Crippen LogP contribution is 2.28. The van der Waals surface area contributed by atoms with Crippen molar-refractivity contribution in [2.75, 3.05) is 26.2 Å². The van der Waals surface area contributed by atoms with E-state index >= 15 is 0 Å². The number of halogens is 1. The predicted molar refractivity (Wildman–Crippen MR) is 85.4 cm³/mol. The molecule has 2 rings (SSSR count). The number of amides is 2. The maximum absolute atomic E-state index is 11.6. The second kappa shape index (κ2) is 10.0. The van der Waals surface area contributed by atoms with Gasteiger partial charge in [-0.1, -0.05) is 0 Å². The summed E-state index contributed by atoms with van der Waals surface area (Å²) in [5, 5.41) is 9.24. The van der Waals surface area contributed by atoms with Crippen molar-refractivity contribution in [3.05, 3.63) is 0 Å². The summed E-state index contributed by atoms with van der Waals surface area (Å²) in [6, 6.07) is 0. The van der Waals surface area contributed by atoms with Crippen molar-refractivity contribution in [3.8, 4) is 0 Å². The van der Waals surface area contributed by atoms with Gasteiger partial charge in [-0.3, -0.25) is 9.59 Å². The van der Waals surface area contributed by atoms with E-state index in [1.165, 1.54) is 12.8 Å². The van der Waals surface area contributed by atoms with Gasteiger partial charge in [-0.05, 0) is 57.5 Å². The summed E-state index contributed by atoms with van der Waals surface area (Å²) in [7, 11) is 0. The first-order chi connectivity index (χ1) is 9.75. The van der Waals surface area contributed by atoms with Crippen LogP contribution in [0.25, 0.3) is 0 Å². The van der Waals surface area contributed by atoms with Gasteiger partial charge in [0.1, 0.15) is 0 Å². The summed E-state index contributed by atoms with van der Waals surface area (Å²) in [6.07, 6.45) is 6.89. The average Bonchev–Trinajstić information content (AvgIpc) is 3.29. The SMILES string of the molecule is Cl.O=C(CCCNC(=O)C1CC1)NCCC1CCCNC1. The molecule has 6 heteroatoms. The van der Waals surface area contributed by atoms with Crippen LogP contribution in [0.1, 0.15) is 44.9 Å². The lowest BCUT2D eigenvalue weighted by atomic mass is 9.96. The molecule has 0 aromatic rings. The largest absolute Gasteiger partial charge is 0.356 e. The lowest BCUT2D eigenvalue weighted by Gasteiger charge is -2.22. The van der Waals surface area contributed by atoms with Gasteiger partial charge in [0.25, 0.3) is 0 Å². The Labute approximate surface area is 133 Å². The molecular formula is C15H28ClN3O2. The van der Waals surface area contributed by atoms with Crippen LogP contribution in [0.4, 0.5) is 0 Å². The minimum Gasteiger partial charge on any atom is -0.356 e. The highest BCUT2D eigenvalue weighted by Gasteiger charge is 2.28. The summed E-state index contributed by atoms with van der Waals surface area (Å²) in [5.41, 5.74) is 0. The smallest absolute Gasteiger partial charge is 0.223 e. The molecule has 1 unspecified atom stereocenters. The van der Waals surface area contributed by atoms with E-state index in [2.05, 4.69) is 16.0 Å². The molecule has 21 heavy (non-hydrogen) atoms. The molecule has 2 fully saturated rings. The quantitative estimate of drug-likeness (QED) is 0.590. The molecule has 0 bridgehead atoms. The molecule has 1 heterocycles. The van der Waals surface area contributed by atoms with Crippen molar-refractivity contribution in [3.63, 3.8) is 0 Å². The van der Waals surface area contributed by atoms with E-state index in [9.17, 15) is 9.59 Å². The Balaban J connectivity index is 0.00000220. The molecule has 5 nitrogen and oxygen atoms in total. The molecule has 1 aliphatic carbocycles. The topological polar surface area (TPSA) is 70.2 Å². The van der Waals surface area contributed by atoms with Gasteiger partial charge in [0.2, 0.25) is 11.8 Å². The van der Waals surface area contributed by atoms with Crippen molar-refractivity contribution in [1.29, 1.82) is 0 Å². The highest BCUT2D eigenvalue weighted by atomic mass is 35.5. The highest BCUT2D eigenvalue weighted by molar-refractivity contribution is 5.85. The zero-order valence-electron chi connectivity index (χ0n) is 12.7. The van der Waals surface area contributed by atoms with Crippen LogP contribution < -0.4 is 16.0 Å². The van der Waals surface area contributed by atoms with Crippen LogP contribution in [0.15, 0.2) is 0 Å². The third kappa shape index (κ3) is 7.67. The van der Waals surface area contributed by atoms with E-state index in [1.54, 1.807) is 0 Å². The van der Waals surface area contributed by atoms with E-state index in [-0.39, 0.29) is 30.1 Å². The maximum atomic E-state index is 11.6. The van der Waals surface area contributed by atoms with E-state index in [4.69, 9.17) is 0 Å². The van der Waals surface area contributed by atoms with Crippen LogP contribution >= 0.6 is 12.4 Å². The lowest BCUT2D eigenvalue weighted by Crippen LogP contribution is -2.33. The van der Waals surface area contributed by atoms with Gasteiger partial charge in [-0.25, -0.2) is 0 Å². The van der Waals surface area contributed by atoms with Gasteiger partial charge in [0, 0.05) is 25.4 Å². The van der Waals surface area contributed by atoms with E-state index in [0.717, 1.165) is 45.3 Å². The lowest BCUT2D eigenvalue weighted by molar-refractivity contribution is -0.123. The van der Waals surface area contributed by atoms with Crippen molar-refractivity contribution in [2.45, 2.75) is 44.9 Å². The van der Waals surface area contributed by atoms with Crippen molar-refractivity contribution in [1.82, 2.24) is 16.0 Å². The van der Waals surface area contributed by atoms with Gasteiger partial charge < -0.3 is 16.0 Å². The van der Waals surface area contributed by atoms with Crippen LogP contribution in [0.2, 0.25) is 0 Å². The van der Waals surface area contributed by atoms with Crippen molar-refractivity contribution >= 4 is 24.2 Å². The molecule has 2 amide bonds. The molecule has 1 aliphatic heterocycles. The van der Waals surface area contributed by atoms with Crippen LogP contribution in [0.3, 0.4) is 0 Å². The summed E-state index contributed by atoms with van der Waals surface area (Å²) in [4.78, 5) is 23.0. The van der Waals surface area contributed by atoms with Crippen LogP contribution in [-0.2, 0) is 9.59 Å². The van der Waals surface area contributed by atoms with Crippen molar-refractivity contribution < 1.29 is 9.59 Å². The third-order valence-corrected chi connectivity index (χ3v) is 4.10. The molecule has 1 saturated heterocycles. The fourth-order valence-electron chi connectivity index (χ4n) is 2.62. The fraction of sp³-hybridized carbons (Fsp3) is 0.867. The average molecular weight is 318 g/mol. The minimum absolute atomic E-state index is 0. The Morgan fingerprint density at radius 3 is 2.57 bits per heavy atom. The molecule has 3 N–H and O–H groups in total. The number of hydrogen-bond donors (Lipinski definition) is 3. The molecule has 2 aliphatic rings. The van der Waals surface area contributed by atoms with Gasteiger partial charge in [-0.2, -0.15) is 0 Å². The Hall–Kier alpha value is -0.810. The third-order valence-electron chi connectivity index (χ3n) is 4.10. The Morgan fingerprint density at radius 2 is 1.90 bits per heavy atom. The monoisotopic (exact) mass is 317 g/mol. The first kappa shape index (κ1) is 18.2. The Morgan fingerprint density at radius 1 is 1.10 bits per heavy atom. The molecule has 0 radical (unpaired) electrons. The molecule has 1 saturated carbocycles. The Bertz CT molecular complexity index is 329. The second-order valence-electron chi connectivity index (χ2n) is 6.02. The number of carbonyl (C=O) groups excluding carboxylic acids is 2. The van der Waals surface area contributed by atoms with E-state index < -0.39 is 0 Å². The molecule has 0 spiro atoms. The molecule has 0 aromatic heterocycles. The number of rotatable bonds is 8. The van der Waals surface area contributed by atoms with Crippen LogP contribution in [0, 0.1) is 11.8 Å². The van der Waals surface area contributed by atoms with E-state index in [0.29, 0.717) is 18.9 Å².